The summed E-state index contributed by atoms with van der Waals surface area (Å²) in [6.45, 7) is 4.29. The number of benzene rings is 2. The molecule has 5 heteroatoms. The predicted octanol–water partition coefficient (Wildman–Crippen LogP) is 3.23. The minimum atomic E-state index is -0.698. The van der Waals surface area contributed by atoms with Crippen LogP contribution >= 0.6 is 0 Å². The average molecular weight is 397 g/mol. The van der Waals surface area contributed by atoms with Crippen molar-refractivity contribution in [1.82, 2.24) is 13.9 Å². The van der Waals surface area contributed by atoms with Gasteiger partial charge in [0.05, 0.1) is 17.0 Å². The third kappa shape index (κ3) is 1.64. The van der Waals surface area contributed by atoms with E-state index in [4.69, 9.17) is 0 Å². The molecule has 2 aromatic carbocycles. The van der Waals surface area contributed by atoms with Crippen LogP contribution in [0.25, 0.3) is 5.57 Å². The zero-order valence-electron chi connectivity index (χ0n) is 17.2. The zero-order valence-corrected chi connectivity index (χ0v) is 17.2. The van der Waals surface area contributed by atoms with Crippen LogP contribution in [0.15, 0.2) is 88.0 Å². The van der Waals surface area contributed by atoms with Gasteiger partial charge in [0.2, 0.25) is 0 Å². The summed E-state index contributed by atoms with van der Waals surface area (Å²) in [7, 11) is 1.57. The van der Waals surface area contributed by atoms with Crippen LogP contribution in [-0.4, -0.2) is 13.9 Å². The monoisotopic (exact) mass is 397 g/mol. The van der Waals surface area contributed by atoms with E-state index >= 15 is 0 Å². The van der Waals surface area contributed by atoms with E-state index in [9.17, 15) is 9.59 Å². The molecule has 0 spiro atoms. The Hall–Kier alpha value is -3.34. The Kier molecular flexibility index (Phi) is 3.16. The van der Waals surface area contributed by atoms with Crippen molar-refractivity contribution in [2.75, 3.05) is 0 Å². The highest BCUT2D eigenvalue weighted by atomic mass is 16.2. The highest BCUT2D eigenvalue weighted by Gasteiger charge is 2.70. The molecule has 3 aromatic rings. The number of rotatable bonds is 2. The third-order valence-corrected chi connectivity index (χ3v) is 7.66. The van der Waals surface area contributed by atoms with Crippen LogP contribution < -0.4 is 11.4 Å². The quantitative estimate of drug-likeness (QED) is 0.624. The lowest BCUT2D eigenvalue weighted by Gasteiger charge is -2.67. The van der Waals surface area contributed by atoms with Crippen molar-refractivity contribution >= 4 is 5.57 Å². The van der Waals surface area contributed by atoms with E-state index in [1.165, 1.54) is 26.8 Å². The van der Waals surface area contributed by atoms with E-state index in [0.717, 1.165) is 0 Å². The molecule has 0 amide bonds. The van der Waals surface area contributed by atoms with Crippen molar-refractivity contribution in [3.05, 3.63) is 110 Å². The number of allylic oxidation sites excluding steroid dienone is 4. The number of hydrogen-bond acceptors (Lipinski definition) is 2. The molecule has 4 aliphatic rings. The Morgan fingerprint density at radius 2 is 1.53 bits per heavy atom. The summed E-state index contributed by atoms with van der Waals surface area (Å²) in [5.74, 6) is 0.115. The lowest BCUT2D eigenvalue weighted by molar-refractivity contribution is 0.0344. The second kappa shape index (κ2) is 5.42. The van der Waals surface area contributed by atoms with Crippen LogP contribution in [0.2, 0.25) is 0 Å². The molecule has 5 nitrogen and oxygen atoms in total. The van der Waals surface area contributed by atoms with E-state index in [0.29, 0.717) is 0 Å². The minimum Gasteiger partial charge on any atom is -0.246 e. The van der Waals surface area contributed by atoms with Gasteiger partial charge >= 0.3 is 11.4 Å². The molecule has 150 valence electrons. The largest absolute Gasteiger partial charge is 0.347 e. The van der Waals surface area contributed by atoms with Crippen LogP contribution in [0.4, 0.5) is 0 Å². The van der Waals surface area contributed by atoms with Gasteiger partial charge in [0.1, 0.15) is 0 Å². The van der Waals surface area contributed by atoms with Crippen molar-refractivity contribution in [2.45, 2.75) is 30.8 Å². The van der Waals surface area contributed by atoms with E-state index < -0.39 is 11.0 Å². The smallest absolute Gasteiger partial charge is 0.246 e. The normalized spacial score (nSPS) is 30.8. The fourth-order valence-corrected chi connectivity index (χ4v) is 6.55. The van der Waals surface area contributed by atoms with Crippen LogP contribution in [-0.2, 0) is 18.0 Å². The molecule has 3 heterocycles. The summed E-state index contributed by atoms with van der Waals surface area (Å²) in [5, 5.41) is 0. The van der Waals surface area contributed by atoms with E-state index in [1.54, 1.807) is 16.4 Å². The van der Waals surface area contributed by atoms with Gasteiger partial charge < -0.3 is 0 Å². The maximum absolute atomic E-state index is 13.3. The molecular formula is C25H23N3O2. The lowest BCUT2D eigenvalue weighted by atomic mass is 9.41. The zero-order chi connectivity index (χ0) is 20.8. The van der Waals surface area contributed by atoms with Crippen molar-refractivity contribution in [1.29, 1.82) is 0 Å². The summed E-state index contributed by atoms with van der Waals surface area (Å²) in [6.07, 6.45) is 4.27. The summed E-state index contributed by atoms with van der Waals surface area (Å²) < 4.78 is 4.62. The standard InChI is InChI=1S/C25H23N3O2/c1-16-20(17-10-6-4-7-11-17)25(18-12-8-5-9-13-18)21(16)19-14-15-24(25,2)28-23(30)26(3)22(29)27(19)28/h4-15,19,21H,1-3H3. The molecule has 0 radical (unpaired) electrons. The second-order valence-corrected chi connectivity index (χ2v) is 8.85. The van der Waals surface area contributed by atoms with Crippen LogP contribution in [0.1, 0.15) is 31.0 Å². The Bertz CT molecular complexity index is 1370. The highest BCUT2D eigenvalue weighted by Crippen LogP contribution is 2.71. The fourth-order valence-electron chi connectivity index (χ4n) is 6.55. The number of hydrogen-bond donors (Lipinski definition) is 0. The highest BCUT2D eigenvalue weighted by molar-refractivity contribution is 5.88. The van der Waals surface area contributed by atoms with Gasteiger partial charge in [0, 0.05) is 13.0 Å². The number of nitrogens with zero attached hydrogens (tertiary/aromatic N) is 3. The molecule has 4 atom stereocenters. The van der Waals surface area contributed by atoms with Crippen molar-refractivity contribution in [3.8, 4) is 0 Å². The van der Waals surface area contributed by atoms with Gasteiger partial charge in [-0.2, -0.15) is 0 Å². The van der Waals surface area contributed by atoms with E-state index in [-0.39, 0.29) is 23.3 Å². The molecular weight excluding hydrogens is 374 g/mol. The van der Waals surface area contributed by atoms with Crippen molar-refractivity contribution < 1.29 is 0 Å². The summed E-state index contributed by atoms with van der Waals surface area (Å²) >= 11 is 0. The van der Waals surface area contributed by atoms with Crippen LogP contribution in [0.3, 0.4) is 0 Å². The SMILES string of the molecule is CC1=C(c2ccccc2)C2(c3ccccc3)C1C1C=CC2(C)n2c(=O)n(C)c(=O)n21. The van der Waals surface area contributed by atoms with Crippen molar-refractivity contribution in [3.63, 3.8) is 0 Å². The Labute approximate surface area is 174 Å². The molecule has 2 aliphatic heterocycles. The Morgan fingerprint density at radius 1 is 0.900 bits per heavy atom. The van der Waals surface area contributed by atoms with Gasteiger partial charge in [0.25, 0.3) is 0 Å². The first-order valence-electron chi connectivity index (χ1n) is 10.4. The molecule has 2 aliphatic carbocycles. The molecule has 0 N–H and O–H groups in total. The average Bonchev–Trinajstić information content (AvgIpc) is 3.00. The Morgan fingerprint density at radius 3 is 2.20 bits per heavy atom. The lowest BCUT2D eigenvalue weighted by Crippen LogP contribution is -2.71. The maximum Gasteiger partial charge on any atom is 0.347 e. The topological polar surface area (TPSA) is 48.9 Å². The van der Waals surface area contributed by atoms with E-state index in [1.807, 2.05) is 12.1 Å². The summed E-state index contributed by atoms with van der Waals surface area (Å²) in [6, 6.07) is 20.7. The molecule has 0 saturated heterocycles. The first-order valence-corrected chi connectivity index (χ1v) is 10.4. The second-order valence-electron chi connectivity index (χ2n) is 8.85. The molecule has 30 heavy (non-hydrogen) atoms. The molecule has 4 unspecified atom stereocenters. The molecule has 0 saturated carbocycles. The number of aromatic nitrogens is 3. The van der Waals surface area contributed by atoms with Gasteiger partial charge in [0.15, 0.2) is 0 Å². The molecule has 0 fully saturated rings. The van der Waals surface area contributed by atoms with Gasteiger partial charge in [-0.05, 0) is 30.5 Å². The van der Waals surface area contributed by atoms with Gasteiger partial charge in [-0.25, -0.2) is 23.5 Å². The summed E-state index contributed by atoms with van der Waals surface area (Å²) in [5.41, 5.74) is 3.30. The molecule has 7 rings (SSSR count). The Balaban J connectivity index is 1.77. The first kappa shape index (κ1) is 17.5. The van der Waals surface area contributed by atoms with Gasteiger partial charge in [-0.3, -0.25) is 0 Å². The van der Waals surface area contributed by atoms with E-state index in [2.05, 4.69) is 74.5 Å². The van der Waals surface area contributed by atoms with Gasteiger partial charge in [-0.15, -0.1) is 0 Å². The fraction of sp³-hybridized carbons (Fsp3) is 0.280. The first-order chi connectivity index (χ1) is 14.4. The van der Waals surface area contributed by atoms with Crippen LogP contribution in [0.5, 0.6) is 0 Å². The minimum absolute atomic E-state index is 0.115. The molecule has 2 bridgehead atoms. The maximum atomic E-state index is 13.3. The van der Waals surface area contributed by atoms with Crippen LogP contribution in [0, 0.1) is 5.92 Å². The molecule has 1 aromatic heterocycles. The van der Waals surface area contributed by atoms with Gasteiger partial charge in [-0.1, -0.05) is 78.4 Å². The van der Waals surface area contributed by atoms with Crippen molar-refractivity contribution in [2.24, 2.45) is 13.0 Å². The summed E-state index contributed by atoms with van der Waals surface area (Å²) in [4.78, 5) is 26.3. The predicted molar refractivity (Wildman–Crippen MR) is 116 cm³/mol. The third-order valence-electron chi connectivity index (χ3n) is 7.66.